The van der Waals surface area contributed by atoms with Crippen molar-refractivity contribution >= 4 is 174 Å². The molecule has 0 unspecified atom stereocenters. The number of rotatable bonds is 2. The third-order valence-electron chi connectivity index (χ3n) is 20.1. The average molecular weight is 1070 g/mol. The lowest BCUT2D eigenvalue weighted by molar-refractivity contribution is 1.14. The monoisotopic (exact) mass is 1070 g/mol. The molecule has 0 saturated carbocycles. The van der Waals surface area contributed by atoms with Crippen molar-refractivity contribution in [3.8, 4) is 33.6 Å². The van der Waals surface area contributed by atoms with Gasteiger partial charge in [0.1, 0.15) is 0 Å². The van der Waals surface area contributed by atoms with Crippen LogP contribution in [-0.2, 0) is 0 Å². The predicted molar refractivity (Wildman–Crippen MR) is 366 cm³/mol. The summed E-state index contributed by atoms with van der Waals surface area (Å²) in [6, 6.07) is 105. The normalized spacial score (nSPS) is 12.9. The molecule has 386 valence electrons. The summed E-state index contributed by atoms with van der Waals surface area (Å²) >= 11 is 0. The molecular formula is C82H45BN2. The van der Waals surface area contributed by atoms with E-state index in [4.69, 9.17) is 0 Å². The van der Waals surface area contributed by atoms with E-state index in [0.29, 0.717) is 0 Å². The van der Waals surface area contributed by atoms with Gasteiger partial charge in [-0.05, 0) is 196 Å². The van der Waals surface area contributed by atoms with E-state index in [1.807, 2.05) is 0 Å². The van der Waals surface area contributed by atoms with Crippen LogP contribution in [0.2, 0.25) is 0 Å². The molecule has 0 aliphatic carbocycles. The van der Waals surface area contributed by atoms with Crippen molar-refractivity contribution in [1.29, 1.82) is 0 Å². The van der Waals surface area contributed by atoms with Crippen LogP contribution in [0.1, 0.15) is 0 Å². The molecule has 85 heavy (non-hydrogen) atoms. The highest BCUT2D eigenvalue weighted by Gasteiger charge is 2.42. The van der Waals surface area contributed by atoms with Crippen LogP contribution in [0.15, 0.2) is 273 Å². The number of benzene rings is 17. The summed E-state index contributed by atoms with van der Waals surface area (Å²) in [6.45, 7) is -0.113. The highest BCUT2D eigenvalue weighted by atomic mass is 15.0. The minimum Gasteiger partial charge on any atom is -0.310 e. The summed E-state index contributed by atoms with van der Waals surface area (Å²) in [5.74, 6) is 0. The zero-order chi connectivity index (χ0) is 54.9. The summed E-state index contributed by atoms with van der Waals surface area (Å²) < 4.78 is 5.35. The Kier molecular flexibility index (Phi) is 8.38. The van der Waals surface area contributed by atoms with Crippen molar-refractivity contribution in [2.24, 2.45) is 0 Å². The Labute approximate surface area is 487 Å². The van der Waals surface area contributed by atoms with Gasteiger partial charge in [0.2, 0.25) is 0 Å². The Morgan fingerprint density at radius 2 is 0.647 bits per heavy atom. The molecular weight excluding hydrogens is 1020 g/mol. The van der Waals surface area contributed by atoms with E-state index in [2.05, 4.69) is 282 Å². The van der Waals surface area contributed by atoms with Gasteiger partial charge in [0.15, 0.2) is 0 Å². The molecule has 2 aromatic heterocycles. The fourth-order valence-corrected chi connectivity index (χ4v) is 16.8. The number of aromatic nitrogens is 2. The van der Waals surface area contributed by atoms with Crippen LogP contribution in [0.25, 0.3) is 185 Å². The molecule has 3 heteroatoms. The molecule has 0 spiro atoms. The predicted octanol–water partition coefficient (Wildman–Crippen LogP) is 19.9. The molecule has 0 atom stereocenters. The second kappa shape index (κ2) is 16.0. The largest absolute Gasteiger partial charge is 0.310 e. The molecule has 17 aromatic carbocycles. The lowest BCUT2D eigenvalue weighted by atomic mass is 9.34. The fourth-order valence-electron chi connectivity index (χ4n) is 16.8. The number of nitrogens with zero attached hydrogens (tertiary/aromatic N) is 2. The lowest BCUT2D eigenvalue weighted by Crippen LogP contribution is -2.59. The van der Waals surface area contributed by atoms with Gasteiger partial charge in [-0.1, -0.05) is 218 Å². The lowest BCUT2D eigenvalue weighted by Gasteiger charge is -2.34. The maximum atomic E-state index is 2.70. The molecule has 21 rings (SSSR count). The fraction of sp³-hybridized carbons (Fsp3) is 0. The molecule has 2 aliphatic rings. The molecule has 2 nitrogen and oxygen atoms in total. The second-order valence-corrected chi connectivity index (χ2v) is 24.1. The summed E-state index contributed by atoms with van der Waals surface area (Å²) in [5.41, 5.74) is 16.5. The van der Waals surface area contributed by atoms with Gasteiger partial charge in [0.05, 0.1) is 16.6 Å². The molecule has 0 radical (unpaired) electrons. The van der Waals surface area contributed by atoms with Crippen molar-refractivity contribution in [3.05, 3.63) is 273 Å². The van der Waals surface area contributed by atoms with Gasteiger partial charge in [0, 0.05) is 43.8 Å². The van der Waals surface area contributed by atoms with Gasteiger partial charge in [0.25, 0.3) is 6.71 Å². The third-order valence-corrected chi connectivity index (χ3v) is 20.1. The van der Waals surface area contributed by atoms with Crippen molar-refractivity contribution < 1.29 is 0 Å². The minimum atomic E-state index is -0.113. The minimum absolute atomic E-state index is 0.113. The van der Waals surface area contributed by atoms with E-state index < -0.39 is 0 Å². The van der Waals surface area contributed by atoms with E-state index in [1.54, 1.807) is 0 Å². The first-order chi connectivity index (χ1) is 42.2. The Hall–Kier alpha value is -11.0. The van der Waals surface area contributed by atoms with Crippen LogP contribution in [0, 0.1) is 0 Å². The number of fused-ring (bicyclic) bond motifs is 27. The Morgan fingerprint density at radius 1 is 0.224 bits per heavy atom. The van der Waals surface area contributed by atoms with Gasteiger partial charge in [-0.3, -0.25) is 0 Å². The molecule has 0 N–H and O–H groups in total. The highest BCUT2D eigenvalue weighted by Crippen LogP contribution is 2.50. The van der Waals surface area contributed by atoms with E-state index >= 15 is 0 Å². The number of hydrogen-bond donors (Lipinski definition) is 0. The van der Waals surface area contributed by atoms with Crippen LogP contribution >= 0.6 is 0 Å². The van der Waals surface area contributed by atoms with Crippen molar-refractivity contribution in [1.82, 2.24) is 9.13 Å². The molecule has 0 fully saturated rings. The zero-order valence-electron chi connectivity index (χ0n) is 46.0. The second-order valence-electron chi connectivity index (χ2n) is 24.1. The van der Waals surface area contributed by atoms with Gasteiger partial charge in [-0.2, -0.15) is 0 Å². The molecule has 0 bridgehead atoms. The maximum Gasteiger partial charge on any atom is 0.252 e. The Balaban J connectivity index is 0.974. The van der Waals surface area contributed by atoms with Gasteiger partial charge < -0.3 is 9.13 Å². The summed E-state index contributed by atoms with van der Waals surface area (Å²) in [4.78, 5) is 0. The van der Waals surface area contributed by atoms with E-state index in [9.17, 15) is 0 Å². The Morgan fingerprint density at radius 3 is 1.20 bits per heavy atom. The Bertz CT molecular complexity index is 6250. The topological polar surface area (TPSA) is 9.86 Å². The third kappa shape index (κ3) is 5.62. The highest BCUT2D eigenvalue weighted by molar-refractivity contribution is 7.00. The summed E-state index contributed by atoms with van der Waals surface area (Å²) in [7, 11) is 0. The molecule has 2 aliphatic heterocycles. The van der Waals surface area contributed by atoms with Crippen molar-refractivity contribution in [3.63, 3.8) is 0 Å². The van der Waals surface area contributed by atoms with Crippen molar-refractivity contribution in [2.75, 3.05) is 0 Å². The van der Waals surface area contributed by atoms with E-state index in [1.165, 1.54) is 201 Å². The first kappa shape index (κ1) is 44.6. The summed E-state index contributed by atoms with van der Waals surface area (Å²) in [6.07, 6.45) is 0. The molecule has 19 aromatic rings. The van der Waals surface area contributed by atoms with Crippen LogP contribution in [0.5, 0.6) is 0 Å². The SMILES string of the molecule is c1cc2c3c(c1)-n1c4cc5c6ccccc6c6ccccc6c5cc4c4c5c6ccccc6c6ccccc6c5cc(c41)B3c1cc(-c3c4ccccc4cc4ccccc34)cc3c4cc(-c5c6ccccc6cc6ccccc56)ccc4n-2c13. The van der Waals surface area contributed by atoms with Gasteiger partial charge in [-0.15, -0.1) is 0 Å². The van der Waals surface area contributed by atoms with Crippen LogP contribution < -0.4 is 16.4 Å². The standard InChI is InChI=1S/C82H45BN2/c1-5-22-52-46(18-1)38-47-19-2-6-23-53(47)76(52)50-36-37-72-66(40-50)68-41-51(77-54-24-7-3-20-48(54)39-49-21-4-8-25-55(49)77)42-70-81(68)84(72)73-34-17-35-74-80(73)83(70)71-44-67-62-32-14-11-28-58(62)59-29-15-16-33-63(59)78(67)79-69-43-64-60-30-12-9-26-56(60)57-27-10-13-31-61(57)65(64)45-75(69)85(74)82(71)79/h1-45H. The first-order valence-corrected chi connectivity index (χ1v) is 29.8. The van der Waals surface area contributed by atoms with E-state index in [-0.39, 0.29) is 6.71 Å². The van der Waals surface area contributed by atoms with Crippen molar-refractivity contribution in [2.45, 2.75) is 0 Å². The molecule has 0 amide bonds. The summed E-state index contributed by atoms with van der Waals surface area (Å²) in [5, 5.41) is 30.6. The van der Waals surface area contributed by atoms with Gasteiger partial charge in [-0.25, -0.2) is 0 Å². The first-order valence-electron chi connectivity index (χ1n) is 29.8. The zero-order valence-corrected chi connectivity index (χ0v) is 46.0. The van der Waals surface area contributed by atoms with Crippen LogP contribution in [0.3, 0.4) is 0 Å². The quantitative estimate of drug-likeness (QED) is 0.0928. The van der Waals surface area contributed by atoms with Crippen LogP contribution in [0.4, 0.5) is 0 Å². The van der Waals surface area contributed by atoms with Crippen LogP contribution in [-0.4, -0.2) is 15.8 Å². The molecule has 4 heterocycles. The van der Waals surface area contributed by atoms with E-state index in [0.717, 1.165) is 0 Å². The average Bonchev–Trinajstić information content (AvgIpc) is 1.88. The smallest absolute Gasteiger partial charge is 0.252 e. The maximum absolute atomic E-state index is 2.70. The molecule has 0 saturated heterocycles. The van der Waals surface area contributed by atoms with Gasteiger partial charge >= 0.3 is 0 Å². The number of hydrogen-bond acceptors (Lipinski definition) is 0.